The summed E-state index contributed by atoms with van der Waals surface area (Å²) in [6.45, 7) is 6.41. The van der Waals surface area contributed by atoms with E-state index >= 15 is 0 Å². The molecule has 134 valence electrons. The van der Waals surface area contributed by atoms with Gasteiger partial charge in [-0.1, -0.05) is 6.07 Å². The SMILES string of the molecule is COc1ccc(CN(C)C(C)c2ccncn2)cc1CN1CCCC1. The van der Waals surface area contributed by atoms with Gasteiger partial charge in [-0.15, -0.1) is 0 Å². The van der Waals surface area contributed by atoms with Crippen LogP contribution in [0.15, 0.2) is 36.8 Å². The number of benzene rings is 1. The second-order valence-electron chi connectivity index (χ2n) is 6.85. The van der Waals surface area contributed by atoms with Crippen molar-refractivity contribution in [3.8, 4) is 5.75 Å². The van der Waals surface area contributed by atoms with Crippen LogP contribution >= 0.6 is 0 Å². The third kappa shape index (κ3) is 4.55. The quantitative estimate of drug-likeness (QED) is 0.774. The fraction of sp³-hybridized carbons (Fsp3) is 0.500. The second-order valence-corrected chi connectivity index (χ2v) is 6.85. The molecule has 0 radical (unpaired) electrons. The van der Waals surface area contributed by atoms with Crippen LogP contribution in [-0.4, -0.2) is 47.0 Å². The highest BCUT2D eigenvalue weighted by molar-refractivity contribution is 5.37. The average Bonchev–Trinajstić information content (AvgIpc) is 3.15. The molecule has 1 aliphatic heterocycles. The Labute approximate surface area is 150 Å². The predicted octanol–water partition coefficient (Wildman–Crippen LogP) is 3.27. The van der Waals surface area contributed by atoms with Crippen LogP contribution in [0.25, 0.3) is 0 Å². The van der Waals surface area contributed by atoms with E-state index in [1.54, 1.807) is 19.6 Å². The number of methoxy groups -OCH3 is 1. The Morgan fingerprint density at radius 1 is 1.24 bits per heavy atom. The first kappa shape index (κ1) is 17.8. The Kier molecular flexibility index (Phi) is 6.00. The topological polar surface area (TPSA) is 41.5 Å². The van der Waals surface area contributed by atoms with Gasteiger partial charge in [0.15, 0.2) is 0 Å². The van der Waals surface area contributed by atoms with Crippen molar-refractivity contribution in [1.29, 1.82) is 0 Å². The number of aromatic nitrogens is 2. The monoisotopic (exact) mass is 340 g/mol. The molecule has 3 rings (SSSR count). The minimum atomic E-state index is 0.243. The molecule has 1 aliphatic rings. The summed E-state index contributed by atoms with van der Waals surface area (Å²) in [7, 11) is 3.89. The first-order chi connectivity index (χ1) is 12.2. The zero-order valence-corrected chi connectivity index (χ0v) is 15.5. The number of rotatable bonds is 7. The van der Waals surface area contributed by atoms with Crippen LogP contribution in [0.5, 0.6) is 5.75 Å². The van der Waals surface area contributed by atoms with E-state index in [0.717, 1.165) is 24.5 Å². The molecule has 0 N–H and O–H groups in total. The van der Waals surface area contributed by atoms with Gasteiger partial charge < -0.3 is 4.74 Å². The summed E-state index contributed by atoms with van der Waals surface area (Å²) in [5.41, 5.74) is 3.63. The van der Waals surface area contributed by atoms with Gasteiger partial charge in [-0.2, -0.15) is 0 Å². The molecular weight excluding hydrogens is 312 g/mol. The van der Waals surface area contributed by atoms with Crippen LogP contribution in [0.1, 0.15) is 42.6 Å². The van der Waals surface area contributed by atoms with Gasteiger partial charge in [0.05, 0.1) is 12.8 Å². The summed E-state index contributed by atoms with van der Waals surface area (Å²) in [5, 5.41) is 0. The van der Waals surface area contributed by atoms with E-state index < -0.39 is 0 Å². The van der Waals surface area contributed by atoms with Crippen LogP contribution in [0.2, 0.25) is 0 Å². The van der Waals surface area contributed by atoms with E-state index in [4.69, 9.17) is 4.74 Å². The van der Waals surface area contributed by atoms with Gasteiger partial charge >= 0.3 is 0 Å². The fourth-order valence-corrected chi connectivity index (χ4v) is 3.43. The van der Waals surface area contributed by atoms with E-state index in [1.165, 1.54) is 37.1 Å². The lowest BCUT2D eigenvalue weighted by Crippen LogP contribution is -2.23. The number of likely N-dealkylation sites (tertiary alicyclic amines) is 1. The molecule has 0 bridgehead atoms. The standard InChI is InChI=1S/C20H28N4O/c1-16(19-8-9-21-15-22-19)23(2)13-17-6-7-20(25-3)18(12-17)14-24-10-4-5-11-24/h6-9,12,15-16H,4-5,10-11,13-14H2,1-3H3. The van der Waals surface area contributed by atoms with Gasteiger partial charge in [-0.05, 0) is 63.7 Å². The van der Waals surface area contributed by atoms with Crippen molar-refractivity contribution >= 4 is 0 Å². The van der Waals surface area contributed by atoms with Crippen molar-refractivity contribution in [3.05, 3.63) is 53.6 Å². The molecule has 5 nitrogen and oxygen atoms in total. The van der Waals surface area contributed by atoms with Crippen molar-refractivity contribution < 1.29 is 4.74 Å². The summed E-state index contributed by atoms with van der Waals surface area (Å²) in [5.74, 6) is 0.988. The lowest BCUT2D eigenvalue weighted by Gasteiger charge is -2.25. The van der Waals surface area contributed by atoms with Crippen LogP contribution in [-0.2, 0) is 13.1 Å². The molecule has 1 saturated heterocycles. The minimum Gasteiger partial charge on any atom is -0.496 e. The molecule has 0 spiro atoms. The van der Waals surface area contributed by atoms with Gasteiger partial charge in [0, 0.05) is 30.9 Å². The van der Waals surface area contributed by atoms with Crippen molar-refractivity contribution in [2.75, 3.05) is 27.2 Å². The van der Waals surface area contributed by atoms with Crippen molar-refractivity contribution in [2.45, 2.75) is 38.9 Å². The molecule has 1 unspecified atom stereocenters. The molecule has 1 fully saturated rings. The van der Waals surface area contributed by atoms with E-state index in [-0.39, 0.29) is 6.04 Å². The molecule has 1 aromatic heterocycles. The molecule has 0 saturated carbocycles. The van der Waals surface area contributed by atoms with Crippen LogP contribution in [0.3, 0.4) is 0 Å². The van der Waals surface area contributed by atoms with E-state index in [9.17, 15) is 0 Å². The minimum absolute atomic E-state index is 0.243. The normalized spacial score (nSPS) is 16.3. The third-order valence-corrected chi connectivity index (χ3v) is 5.06. The number of hydrogen-bond donors (Lipinski definition) is 0. The zero-order valence-electron chi connectivity index (χ0n) is 15.5. The summed E-state index contributed by atoms with van der Waals surface area (Å²) < 4.78 is 5.58. The Hall–Kier alpha value is -1.98. The predicted molar refractivity (Wildman–Crippen MR) is 99.4 cm³/mol. The molecule has 5 heteroatoms. The van der Waals surface area contributed by atoms with Crippen LogP contribution in [0.4, 0.5) is 0 Å². The van der Waals surface area contributed by atoms with Gasteiger partial charge in [0.1, 0.15) is 12.1 Å². The molecule has 2 aromatic rings. The smallest absolute Gasteiger partial charge is 0.123 e. The number of hydrogen-bond acceptors (Lipinski definition) is 5. The summed E-state index contributed by atoms with van der Waals surface area (Å²) in [6, 6.07) is 8.78. The van der Waals surface area contributed by atoms with Gasteiger partial charge in [0.2, 0.25) is 0 Å². The Bertz CT molecular complexity index is 671. The average molecular weight is 340 g/mol. The molecule has 0 aliphatic carbocycles. The Morgan fingerprint density at radius 3 is 2.72 bits per heavy atom. The van der Waals surface area contributed by atoms with Gasteiger partial charge in [-0.25, -0.2) is 9.97 Å². The maximum atomic E-state index is 5.58. The van der Waals surface area contributed by atoms with E-state index in [0.29, 0.717) is 0 Å². The lowest BCUT2D eigenvalue weighted by molar-refractivity contribution is 0.248. The highest BCUT2D eigenvalue weighted by Gasteiger charge is 2.17. The highest BCUT2D eigenvalue weighted by Crippen LogP contribution is 2.25. The first-order valence-corrected chi connectivity index (χ1v) is 9.01. The molecule has 1 aromatic carbocycles. The Morgan fingerprint density at radius 2 is 2.04 bits per heavy atom. The van der Waals surface area contributed by atoms with Crippen molar-refractivity contribution in [2.24, 2.45) is 0 Å². The van der Waals surface area contributed by atoms with E-state index in [1.807, 2.05) is 6.07 Å². The molecular formula is C20H28N4O. The highest BCUT2D eigenvalue weighted by atomic mass is 16.5. The van der Waals surface area contributed by atoms with Crippen molar-refractivity contribution in [3.63, 3.8) is 0 Å². The number of ether oxygens (including phenoxy) is 1. The second kappa shape index (κ2) is 8.41. The summed E-state index contributed by atoms with van der Waals surface area (Å²) in [6.07, 6.45) is 6.03. The van der Waals surface area contributed by atoms with Crippen LogP contribution in [0, 0.1) is 0 Å². The Balaban J connectivity index is 1.71. The van der Waals surface area contributed by atoms with E-state index in [2.05, 4.69) is 51.9 Å². The molecule has 1 atom stereocenters. The number of nitrogens with zero attached hydrogens (tertiary/aromatic N) is 4. The maximum Gasteiger partial charge on any atom is 0.123 e. The van der Waals surface area contributed by atoms with Gasteiger partial charge in [0.25, 0.3) is 0 Å². The summed E-state index contributed by atoms with van der Waals surface area (Å²) in [4.78, 5) is 13.2. The van der Waals surface area contributed by atoms with Crippen molar-refractivity contribution in [1.82, 2.24) is 19.8 Å². The first-order valence-electron chi connectivity index (χ1n) is 9.01. The molecule has 0 amide bonds. The molecule has 2 heterocycles. The third-order valence-electron chi connectivity index (χ3n) is 5.06. The van der Waals surface area contributed by atoms with Crippen LogP contribution < -0.4 is 4.74 Å². The maximum absolute atomic E-state index is 5.58. The zero-order chi connectivity index (χ0) is 17.6. The lowest BCUT2D eigenvalue weighted by atomic mass is 10.1. The fourth-order valence-electron chi connectivity index (χ4n) is 3.43. The van der Waals surface area contributed by atoms with Gasteiger partial charge in [-0.3, -0.25) is 9.80 Å². The molecule has 25 heavy (non-hydrogen) atoms. The largest absolute Gasteiger partial charge is 0.496 e. The summed E-state index contributed by atoms with van der Waals surface area (Å²) >= 11 is 0.